The van der Waals surface area contributed by atoms with Gasteiger partial charge in [0.1, 0.15) is 11.8 Å². The molecule has 1 atom stereocenters. The fraction of sp³-hybridized carbons (Fsp3) is 0.133. The Morgan fingerprint density at radius 3 is 2.20 bits per heavy atom. The highest BCUT2D eigenvalue weighted by Crippen LogP contribution is 2.28. The minimum Gasteiger partial charge on any atom is -0.492 e. The third-order valence-electron chi connectivity index (χ3n) is 5.93. The number of nitrogens with one attached hydrogen (secondary N) is 2. The number of hydrogen-bond donors (Lipinski definition) is 2. The van der Waals surface area contributed by atoms with Crippen LogP contribution in [0.3, 0.4) is 0 Å². The van der Waals surface area contributed by atoms with Gasteiger partial charge in [-0.25, -0.2) is 8.42 Å². The van der Waals surface area contributed by atoms with E-state index in [4.69, 9.17) is 27.9 Å². The van der Waals surface area contributed by atoms with Crippen molar-refractivity contribution in [2.24, 2.45) is 0 Å². The van der Waals surface area contributed by atoms with E-state index in [0.717, 1.165) is 5.56 Å². The molecule has 7 nitrogen and oxygen atoms in total. The van der Waals surface area contributed by atoms with Crippen LogP contribution in [0.25, 0.3) is 0 Å². The largest absolute Gasteiger partial charge is 0.492 e. The monoisotopic (exact) mass is 596 g/mol. The van der Waals surface area contributed by atoms with Gasteiger partial charge >= 0.3 is 0 Å². The second-order valence-electron chi connectivity index (χ2n) is 8.76. The molecule has 0 spiro atoms. The summed E-state index contributed by atoms with van der Waals surface area (Å²) >= 11 is 12.4. The maximum atomic E-state index is 13.6. The van der Waals surface area contributed by atoms with Crippen molar-refractivity contribution in [2.75, 3.05) is 11.9 Å². The van der Waals surface area contributed by atoms with Crippen LogP contribution in [0.5, 0.6) is 5.75 Å². The van der Waals surface area contributed by atoms with Crippen LogP contribution in [0.15, 0.2) is 102 Å². The summed E-state index contributed by atoms with van der Waals surface area (Å²) in [6.07, 6.45) is 0.0478. The summed E-state index contributed by atoms with van der Waals surface area (Å²) in [4.78, 5) is 26.7. The van der Waals surface area contributed by atoms with Gasteiger partial charge in [-0.1, -0.05) is 83.9 Å². The molecule has 4 aromatic rings. The van der Waals surface area contributed by atoms with E-state index < -0.39 is 22.0 Å². The highest BCUT2D eigenvalue weighted by atomic mass is 35.5. The number of halogens is 2. The number of ketones is 1. The van der Waals surface area contributed by atoms with E-state index >= 15 is 0 Å². The van der Waals surface area contributed by atoms with Crippen LogP contribution < -0.4 is 14.8 Å². The molecule has 0 aliphatic heterocycles. The first-order valence-electron chi connectivity index (χ1n) is 12.4. The molecule has 0 bridgehead atoms. The second kappa shape index (κ2) is 13.1. The molecule has 206 valence electrons. The molecule has 0 aromatic heterocycles. The molecule has 1 amide bonds. The number of anilines is 1. The summed E-state index contributed by atoms with van der Waals surface area (Å²) < 4.78 is 34.6. The molecular weight excluding hydrogens is 571 g/mol. The average molecular weight is 598 g/mol. The number of carbonyl (C=O) groups is 2. The van der Waals surface area contributed by atoms with Crippen molar-refractivity contribution in [3.8, 4) is 5.75 Å². The number of ether oxygens (including phenoxy) is 1. The van der Waals surface area contributed by atoms with Crippen molar-refractivity contribution in [3.63, 3.8) is 0 Å². The fourth-order valence-corrected chi connectivity index (χ4v) is 5.69. The van der Waals surface area contributed by atoms with Gasteiger partial charge in [0.15, 0.2) is 5.78 Å². The molecule has 0 saturated carbocycles. The Hall–Kier alpha value is -3.69. The first-order chi connectivity index (χ1) is 19.2. The lowest BCUT2D eigenvalue weighted by molar-refractivity contribution is -0.117. The van der Waals surface area contributed by atoms with Crippen LogP contribution in [0.2, 0.25) is 10.0 Å². The summed E-state index contributed by atoms with van der Waals surface area (Å²) in [5.74, 6) is -0.656. The Kier molecular flexibility index (Phi) is 9.60. The number of carbonyl (C=O) groups excluding carboxylic acids is 2. The Bertz CT molecular complexity index is 1610. The summed E-state index contributed by atoms with van der Waals surface area (Å²) in [6.45, 7) is 2.15. The van der Waals surface area contributed by atoms with Crippen LogP contribution >= 0.6 is 23.2 Å². The van der Waals surface area contributed by atoms with Crippen LogP contribution in [-0.2, 0) is 21.2 Å². The van der Waals surface area contributed by atoms with Gasteiger partial charge in [0.25, 0.3) is 0 Å². The summed E-state index contributed by atoms with van der Waals surface area (Å²) in [5, 5.41) is 3.16. The van der Waals surface area contributed by atoms with Crippen molar-refractivity contribution >= 4 is 50.6 Å². The van der Waals surface area contributed by atoms with Gasteiger partial charge in [-0.3, -0.25) is 9.59 Å². The third-order valence-corrected chi connectivity index (χ3v) is 7.93. The summed E-state index contributed by atoms with van der Waals surface area (Å²) in [5.41, 5.74) is 1.51. The zero-order valence-corrected chi connectivity index (χ0v) is 23.8. The Labute approximate surface area is 243 Å². The lowest BCUT2D eigenvalue weighted by atomic mass is 10.0. The Balaban J connectivity index is 1.65. The zero-order chi connectivity index (χ0) is 28.7. The predicted molar refractivity (Wildman–Crippen MR) is 157 cm³/mol. The molecule has 0 aliphatic rings. The zero-order valence-electron chi connectivity index (χ0n) is 21.4. The van der Waals surface area contributed by atoms with Crippen LogP contribution in [0.4, 0.5) is 5.69 Å². The number of rotatable bonds is 11. The van der Waals surface area contributed by atoms with Gasteiger partial charge in [0.2, 0.25) is 15.9 Å². The fourth-order valence-electron chi connectivity index (χ4n) is 3.99. The minimum atomic E-state index is -4.19. The number of hydrogen-bond acceptors (Lipinski definition) is 5. The number of amides is 1. The molecule has 0 fully saturated rings. The van der Waals surface area contributed by atoms with Gasteiger partial charge in [-0.05, 0) is 55.3 Å². The Morgan fingerprint density at radius 2 is 1.55 bits per heavy atom. The lowest BCUT2D eigenvalue weighted by Crippen LogP contribution is -2.45. The number of benzene rings is 4. The molecular formula is C30H26Cl2N2O5S. The van der Waals surface area contributed by atoms with Gasteiger partial charge in [-0.2, -0.15) is 4.72 Å². The molecule has 0 radical (unpaired) electrons. The van der Waals surface area contributed by atoms with Crippen molar-refractivity contribution < 1.29 is 22.7 Å². The van der Waals surface area contributed by atoms with E-state index in [9.17, 15) is 18.0 Å². The van der Waals surface area contributed by atoms with Crippen LogP contribution in [0, 0.1) is 0 Å². The average Bonchev–Trinajstić information content (AvgIpc) is 2.95. The molecule has 0 unspecified atom stereocenters. The topological polar surface area (TPSA) is 102 Å². The molecule has 2 N–H and O–H groups in total. The van der Waals surface area contributed by atoms with Crippen LogP contribution in [-0.4, -0.2) is 32.8 Å². The molecule has 0 saturated heterocycles. The summed E-state index contributed by atoms with van der Waals surface area (Å²) in [6, 6.07) is 24.9. The molecule has 10 heteroatoms. The van der Waals surface area contributed by atoms with Crippen molar-refractivity contribution in [1.82, 2.24) is 4.72 Å². The van der Waals surface area contributed by atoms with Crippen LogP contribution in [0.1, 0.15) is 28.4 Å². The van der Waals surface area contributed by atoms with E-state index in [-0.39, 0.29) is 33.4 Å². The van der Waals surface area contributed by atoms with E-state index in [1.807, 2.05) is 6.07 Å². The first-order valence-corrected chi connectivity index (χ1v) is 14.6. The van der Waals surface area contributed by atoms with Gasteiger partial charge in [0.05, 0.1) is 22.2 Å². The van der Waals surface area contributed by atoms with E-state index in [0.29, 0.717) is 22.9 Å². The minimum absolute atomic E-state index is 0.0478. The van der Waals surface area contributed by atoms with Gasteiger partial charge < -0.3 is 10.1 Å². The van der Waals surface area contributed by atoms with Crippen molar-refractivity contribution in [1.29, 1.82) is 0 Å². The van der Waals surface area contributed by atoms with E-state index in [2.05, 4.69) is 10.0 Å². The molecule has 4 rings (SSSR count). The quantitative estimate of drug-likeness (QED) is 0.202. The molecule has 40 heavy (non-hydrogen) atoms. The van der Waals surface area contributed by atoms with Crippen molar-refractivity contribution in [3.05, 3.63) is 124 Å². The van der Waals surface area contributed by atoms with Gasteiger partial charge in [-0.15, -0.1) is 0 Å². The third kappa shape index (κ3) is 7.28. The van der Waals surface area contributed by atoms with Gasteiger partial charge in [0, 0.05) is 16.1 Å². The maximum absolute atomic E-state index is 13.6. The Morgan fingerprint density at radius 1 is 0.875 bits per heavy atom. The lowest BCUT2D eigenvalue weighted by Gasteiger charge is -2.20. The number of sulfonamides is 1. The van der Waals surface area contributed by atoms with E-state index in [1.165, 1.54) is 36.4 Å². The molecule has 4 aromatic carbocycles. The normalized spacial score (nSPS) is 12.0. The highest BCUT2D eigenvalue weighted by Gasteiger charge is 2.28. The second-order valence-corrected chi connectivity index (χ2v) is 11.3. The maximum Gasteiger partial charge on any atom is 0.242 e. The highest BCUT2D eigenvalue weighted by molar-refractivity contribution is 7.89. The van der Waals surface area contributed by atoms with E-state index in [1.54, 1.807) is 61.5 Å². The molecule has 0 aliphatic carbocycles. The standard InChI is InChI=1S/C30H26Cl2N2O5S/c1-2-39-28-16-14-23(19-25(28)32)40(37,38)34-27(17-20-9-5-3-6-10-20)30(36)33-26-15-13-22(31)18-24(26)29(35)21-11-7-4-8-12-21/h3-16,18-19,27,34H,2,17H2,1H3,(H,33,36)/t27-/m0/s1. The first kappa shape index (κ1) is 29.3. The molecule has 0 heterocycles. The SMILES string of the molecule is CCOc1ccc(S(=O)(=O)N[C@@H](Cc2ccccc2)C(=O)Nc2ccc(Cl)cc2C(=O)c2ccccc2)cc1Cl. The predicted octanol–water partition coefficient (Wildman–Crippen LogP) is 6.15. The smallest absolute Gasteiger partial charge is 0.242 e. The summed E-state index contributed by atoms with van der Waals surface area (Å²) in [7, 11) is -4.19. The van der Waals surface area contributed by atoms with Crippen molar-refractivity contribution in [2.45, 2.75) is 24.3 Å².